The van der Waals surface area contributed by atoms with Gasteiger partial charge in [-0.2, -0.15) is 22.9 Å². The number of nitrogens with zero attached hydrogens (tertiary/aromatic N) is 3. The smallest absolute Gasteiger partial charge is 0.418 e. The molecule has 1 unspecified atom stereocenters. The highest BCUT2D eigenvalue weighted by molar-refractivity contribution is 7.92. The summed E-state index contributed by atoms with van der Waals surface area (Å²) >= 11 is -1.87. The third kappa shape index (κ3) is 5.37. The van der Waals surface area contributed by atoms with Crippen LogP contribution in [0.25, 0.3) is 11.3 Å². The van der Waals surface area contributed by atoms with E-state index in [1.165, 1.54) is 12.1 Å². The Kier molecular flexibility index (Phi) is 6.73. The zero-order valence-electron chi connectivity index (χ0n) is 17.6. The first-order valence-electron chi connectivity index (χ1n) is 10.2. The van der Waals surface area contributed by atoms with Crippen LogP contribution in [-0.2, 0) is 17.5 Å². The Bertz CT molecular complexity index is 1140. The molecule has 174 valence electrons. The van der Waals surface area contributed by atoms with Crippen molar-refractivity contribution in [2.45, 2.75) is 18.1 Å². The van der Waals surface area contributed by atoms with Crippen LogP contribution in [0.1, 0.15) is 11.1 Å². The van der Waals surface area contributed by atoms with Crippen LogP contribution in [0.2, 0.25) is 0 Å². The van der Waals surface area contributed by atoms with Crippen LogP contribution in [-0.4, -0.2) is 40.7 Å². The van der Waals surface area contributed by atoms with Gasteiger partial charge in [0.1, 0.15) is 23.0 Å². The highest BCUT2D eigenvalue weighted by Gasteiger charge is 2.35. The summed E-state index contributed by atoms with van der Waals surface area (Å²) in [6.45, 7) is 4.71. The van der Waals surface area contributed by atoms with Crippen molar-refractivity contribution >= 4 is 23.0 Å². The number of rotatable bonds is 5. The average molecular weight is 480 g/mol. The number of nitrogens with one attached hydrogen (secondary N) is 2. The molecule has 4 rings (SSSR count). The van der Waals surface area contributed by atoms with Gasteiger partial charge in [-0.3, -0.25) is 0 Å². The number of anilines is 2. The van der Waals surface area contributed by atoms with Crippen molar-refractivity contribution in [2.24, 2.45) is 0 Å². The quantitative estimate of drug-likeness (QED) is 0.423. The molecule has 6 nitrogen and oxygen atoms in total. The van der Waals surface area contributed by atoms with Gasteiger partial charge in [0.05, 0.1) is 11.3 Å². The van der Waals surface area contributed by atoms with Crippen molar-refractivity contribution in [1.29, 1.82) is 0 Å². The van der Waals surface area contributed by atoms with Crippen molar-refractivity contribution in [1.82, 2.24) is 15.3 Å². The Morgan fingerprint density at radius 3 is 2.55 bits per heavy atom. The summed E-state index contributed by atoms with van der Waals surface area (Å²) in [4.78, 5) is 10.5. The van der Waals surface area contributed by atoms with Crippen LogP contribution in [0.5, 0.6) is 0 Å². The maximum absolute atomic E-state index is 13.8. The molecule has 0 bridgehead atoms. The van der Waals surface area contributed by atoms with E-state index in [0.29, 0.717) is 11.4 Å². The van der Waals surface area contributed by atoms with Gasteiger partial charge in [-0.05, 0) is 42.8 Å². The maximum atomic E-state index is 13.8. The molecule has 2 N–H and O–H groups in total. The topological polar surface area (TPSA) is 76.1 Å². The second-order valence-corrected chi connectivity index (χ2v) is 8.65. The minimum Gasteiger partial charge on any atom is -0.587 e. The number of benzene rings is 1. The Hall–Kier alpha value is -2.89. The van der Waals surface area contributed by atoms with Crippen LogP contribution in [0.15, 0.2) is 53.6 Å². The van der Waals surface area contributed by atoms with E-state index in [-0.39, 0.29) is 16.4 Å². The minimum atomic E-state index is -4.70. The molecule has 1 aromatic carbocycles. The monoisotopic (exact) mass is 479 g/mol. The van der Waals surface area contributed by atoms with Crippen LogP contribution >= 0.6 is 0 Å². The first kappa shape index (κ1) is 23.3. The minimum absolute atomic E-state index is 0.00980. The van der Waals surface area contributed by atoms with E-state index in [0.717, 1.165) is 44.4 Å². The van der Waals surface area contributed by atoms with Crippen LogP contribution in [0.4, 0.5) is 29.2 Å². The maximum Gasteiger partial charge on any atom is 0.418 e. The summed E-state index contributed by atoms with van der Waals surface area (Å²) in [6.07, 6.45) is -4.70. The predicted octanol–water partition coefficient (Wildman–Crippen LogP) is 4.15. The largest absolute Gasteiger partial charge is 0.587 e. The van der Waals surface area contributed by atoms with Crippen LogP contribution in [0.3, 0.4) is 0 Å². The zero-order chi connectivity index (χ0) is 23.6. The number of aromatic nitrogens is 2. The number of piperazine rings is 1. The van der Waals surface area contributed by atoms with Gasteiger partial charge in [-0.25, -0.2) is 9.37 Å². The molecule has 3 heterocycles. The summed E-state index contributed by atoms with van der Waals surface area (Å²) in [5.41, 5.74) is -1.01. The highest BCUT2D eigenvalue weighted by Crippen LogP contribution is 2.38. The molecule has 33 heavy (non-hydrogen) atoms. The van der Waals surface area contributed by atoms with E-state index in [1.54, 1.807) is 19.1 Å². The van der Waals surface area contributed by atoms with Crippen molar-refractivity contribution in [3.63, 3.8) is 0 Å². The van der Waals surface area contributed by atoms with Crippen molar-refractivity contribution in [2.75, 3.05) is 35.8 Å². The molecule has 1 saturated heterocycles. The molecular weight excluding hydrogens is 458 g/mol. The van der Waals surface area contributed by atoms with Gasteiger partial charge in [0.15, 0.2) is 5.82 Å². The Morgan fingerprint density at radius 1 is 1.06 bits per heavy atom. The predicted molar refractivity (Wildman–Crippen MR) is 119 cm³/mol. The highest BCUT2D eigenvalue weighted by atomic mass is 32.2. The van der Waals surface area contributed by atoms with E-state index in [4.69, 9.17) is 0 Å². The molecule has 3 aromatic rings. The summed E-state index contributed by atoms with van der Waals surface area (Å²) in [5.74, 6) is -0.0589. The molecule has 0 amide bonds. The molecular formula is C22H21F4N5OS. The Labute approximate surface area is 191 Å². The lowest BCUT2D eigenvalue weighted by Crippen LogP contribution is -2.44. The van der Waals surface area contributed by atoms with Gasteiger partial charge in [0, 0.05) is 37.8 Å². The third-order valence-corrected chi connectivity index (χ3v) is 6.19. The van der Waals surface area contributed by atoms with E-state index >= 15 is 0 Å². The normalized spacial score (nSPS) is 15.4. The molecule has 1 aliphatic heterocycles. The summed E-state index contributed by atoms with van der Waals surface area (Å²) in [7, 11) is 0. The number of hydrogen-bond acceptors (Lipinski definition) is 6. The van der Waals surface area contributed by atoms with Gasteiger partial charge < -0.3 is 14.8 Å². The van der Waals surface area contributed by atoms with Gasteiger partial charge >= 0.3 is 6.18 Å². The van der Waals surface area contributed by atoms with Gasteiger partial charge in [0.25, 0.3) is 5.03 Å². The van der Waals surface area contributed by atoms with Crippen molar-refractivity contribution in [3.8, 4) is 11.3 Å². The number of hydrogen-bond donors (Lipinski definition) is 2. The molecule has 0 aliphatic carbocycles. The second-order valence-electron chi connectivity index (χ2n) is 7.49. The number of alkyl halides is 3. The standard InChI is InChI=1S/C22H21F4N5OS/c1-14-5-6-15(23)13-16(14)21-17(22(24,25)26)7-8-18(28-21)30-33(32)20-4-2-3-19(29-20)31-11-9-27-10-12-31/h2-8,13,27H,9-12H2,1H3,(H,28,30). The summed E-state index contributed by atoms with van der Waals surface area (Å²) < 4.78 is 70.1. The average Bonchev–Trinajstić information content (AvgIpc) is 2.80. The second kappa shape index (κ2) is 9.54. The van der Waals surface area contributed by atoms with Gasteiger partial charge in [-0.15, -0.1) is 0 Å². The molecule has 0 radical (unpaired) electrons. The summed E-state index contributed by atoms with van der Waals surface area (Å²) in [6, 6.07) is 10.6. The van der Waals surface area contributed by atoms with Crippen LogP contribution in [0, 0.1) is 12.7 Å². The molecule has 0 spiro atoms. The number of halogens is 4. The number of aryl methyl sites for hydroxylation is 1. The van der Waals surface area contributed by atoms with Crippen molar-refractivity contribution < 1.29 is 22.1 Å². The summed E-state index contributed by atoms with van der Waals surface area (Å²) in [5, 5.41) is 3.46. The van der Waals surface area contributed by atoms with Gasteiger partial charge in [-0.1, -0.05) is 12.1 Å². The number of pyridine rings is 2. The molecule has 0 saturated carbocycles. The Morgan fingerprint density at radius 2 is 1.82 bits per heavy atom. The van der Waals surface area contributed by atoms with E-state index in [1.807, 2.05) is 6.07 Å². The first-order chi connectivity index (χ1) is 15.7. The SMILES string of the molecule is Cc1ccc(F)cc1-c1nc(N[S+]([O-])c2cccc(N3CCNCC3)n2)ccc1C(F)(F)F. The molecule has 1 aliphatic rings. The molecule has 11 heteroatoms. The molecule has 1 fully saturated rings. The molecule has 2 aromatic heterocycles. The fourth-order valence-electron chi connectivity index (χ4n) is 3.52. The molecule has 1 atom stereocenters. The lowest BCUT2D eigenvalue weighted by atomic mass is 10.0. The van der Waals surface area contributed by atoms with E-state index in [2.05, 4.69) is 24.9 Å². The van der Waals surface area contributed by atoms with E-state index < -0.39 is 34.6 Å². The van der Waals surface area contributed by atoms with Crippen LogP contribution < -0.4 is 14.9 Å². The zero-order valence-corrected chi connectivity index (χ0v) is 18.4. The lowest BCUT2D eigenvalue weighted by Gasteiger charge is -2.28. The fraction of sp³-hybridized carbons (Fsp3) is 0.273. The fourth-order valence-corrected chi connectivity index (χ4v) is 4.31. The van der Waals surface area contributed by atoms with Gasteiger partial charge in [0.2, 0.25) is 0 Å². The first-order valence-corrected chi connectivity index (χ1v) is 11.3. The van der Waals surface area contributed by atoms with Crippen molar-refractivity contribution in [3.05, 3.63) is 65.5 Å². The third-order valence-electron chi connectivity index (χ3n) is 5.19. The lowest BCUT2D eigenvalue weighted by molar-refractivity contribution is -0.137. The van der Waals surface area contributed by atoms with E-state index in [9.17, 15) is 22.1 Å². The Balaban J connectivity index is 1.64.